The van der Waals surface area contributed by atoms with E-state index in [-0.39, 0.29) is 11.6 Å². The van der Waals surface area contributed by atoms with Crippen molar-refractivity contribution in [3.8, 4) is 0 Å². The second-order valence-electron chi connectivity index (χ2n) is 11.8. The van der Waals surface area contributed by atoms with E-state index in [1.807, 2.05) is 0 Å². The molecule has 2 N–H and O–H groups in total. The van der Waals surface area contributed by atoms with Crippen molar-refractivity contribution in [1.29, 1.82) is 0 Å². The number of rotatable bonds is 5. The Bertz CT molecular complexity index is 641. The van der Waals surface area contributed by atoms with E-state index in [9.17, 15) is 10.2 Å². The normalized spacial score (nSPS) is 43.6. The summed E-state index contributed by atoms with van der Waals surface area (Å²) in [6, 6.07) is 0. The van der Waals surface area contributed by atoms with E-state index in [2.05, 4.69) is 33.9 Å². The van der Waals surface area contributed by atoms with E-state index in [1.54, 1.807) is 0 Å². The maximum Gasteiger partial charge on any atom is 0.192 e. The summed E-state index contributed by atoms with van der Waals surface area (Å²) in [5, 5.41) is 22.4. The molecule has 0 bridgehead atoms. The summed E-state index contributed by atoms with van der Waals surface area (Å²) in [6.07, 6.45) is 6.58. The standard InChI is InChI=1S/C24H44O6Si/c1-20(2,3)31(4,5)30-19-18-21(10-7-15-27-21)23(12-8-16-28-23)24(13-9-17-29-24)22(19,26)11-6-14-25/h19,25-26H,6-18H2,1-5H3/t19-,21+,22+,23-,24-/m0/s1. The topological polar surface area (TPSA) is 77.4 Å². The van der Waals surface area contributed by atoms with E-state index in [4.69, 9.17) is 18.6 Å². The minimum atomic E-state index is -2.18. The average molecular weight is 457 g/mol. The molecule has 0 unspecified atom stereocenters. The van der Waals surface area contributed by atoms with Crippen LogP contribution in [-0.2, 0) is 18.6 Å². The third-order valence-corrected chi connectivity index (χ3v) is 13.7. The van der Waals surface area contributed by atoms with Crippen molar-refractivity contribution in [2.45, 2.75) is 125 Å². The molecule has 31 heavy (non-hydrogen) atoms. The zero-order valence-electron chi connectivity index (χ0n) is 20.3. The first-order chi connectivity index (χ1) is 14.5. The van der Waals surface area contributed by atoms with Crippen LogP contribution < -0.4 is 0 Å². The second-order valence-corrected chi connectivity index (χ2v) is 16.6. The Balaban J connectivity index is 1.85. The Hall–Kier alpha value is -0.0231. The summed E-state index contributed by atoms with van der Waals surface area (Å²) in [6.45, 7) is 13.3. The van der Waals surface area contributed by atoms with Gasteiger partial charge in [0.2, 0.25) is 0 Å². The van der Waals surface area contributed by atoms with Gasteiger partial charge in [-0.1, -0.05) is 20.8 Å². The number of hydrogen-bond acceptors (Lipinski definition) is 6. The molecular formula is C24H44O6Si. The molecule has 3 spiro atoms. The van der Waals surface area contributed by atoms with E-state index in [0.717, 1.165) is 45.1 Å². The molecule has 3 aliphatic heterocycles. The molecule has 3 saturated heterocycles. The summed E-state index contributed by atoms with van der Waals surface area (Å²) in [4.78, 5) is 0. The Kier molecular flexibility index (Phi) is 6.25. The van der Waals surface area contributed by atoms with Crippen molar-refractivity contribution in [2.75, 3.05) is 26.4 Å². The van der Waals surface area contributed by atoms with Crippen LogP contribution in [0.3, 0.4) is 0 Å². The highest BCUT2D eigenvalue weighted by Crippen LogP contribution is 2.65. The highest BCUT2D eigenvalue weighted by atomic mass is 28.4. The molecule has 3 heterocycles. The van der Waals surface area contributed by atoms with Crippen molar-refractivity contribution in [3.05, 3.63) is 0 Å². The summed E-state index contributed by atoms with van der Waals surface area (Å²) >= 11 is 0. The molecule has 180 valence electrons. The molecule has 7 heteroatoms. The van der Waals surface area contributed by atoms with Crippen LogP contribution in [0.1, 0.15) is 78.6 Å². The smallest absolute Gasteiger partial charge is 0.192 e. The minimum absolute atomic E-state index is 0.0251. The van der Waals surface area contributed by atoms with Crippen molar-refractivity contribution < 1.29 is 28.8 Å². The molecule has 1 aliphatic carbocycles. The summed E-state index contributed by atoms with van der Waals surface area (Å²) in [5.41, 5.74) is -3.21. The third kappa shape index (κ3) is 3.33. The lowest BCUT2D eigenvalue weighted by atomic mass is 9.51. The quantitative estimate of drug-likeness (QED) is 0.611. The summed E-state index contributed by atoms with van der Waals surface area (Å²) in [5.74, 6) is 0. The lowest BCUT2D eigenvalue weighted by Crippen LogP contribution is -2.83. The maximum atomic E-state index is 12.6. The molecule has 5 atom stereocenters. The van der Waals surface area contributed by atoms with Gasteiger partial charge in [-0.3, -0.25) is 0 Å². The van der Waals surface area contributed by atoms with Crippen LogP contribution in [0.5, 0.6) is 0 Å². The molecule has 4 fully saturated rings. The predicted molar refractivity (Wildman–Crippen MR) is 122 cm³/mol. The van der Waals surface area contributed by atoms with Crippen LogP contribution in [0.4, 0.5) is 0 Å². The SMILES string of the molecule is CC(C)(C)[Si](C)(C)O[C@H]1C[C@]2(CCCO2)[C@@]2(CCCO2)[C@]2(CCCO2)[C@@]1(O)CCCO. The van der Waals surface area contributed by atoms with Crippen LogP contribution >= 0.6 is 0 Å². The van der Waals surface area contributed by atoms with Gasteiger partial charge in [0.05, 0.1) is 6.10 Å². The number of aliphatic hydroxyl groups is 2. The maximum absolute atomic E-state index is 12.6. The Morgan fingerprint density at radius 1 is 0.935 bits per heavy atom. The lowest BCUT2D eigenvalue weighted by Gasteiger charge is -2.66. The van der Waals surface area contributed by atoms with Gasteiger partial charge in [-0.05, 0) is 69.5 Å². The Morgan fingerprint density at radius 2 is 1.52 bits per heavy atom. The molecule has 6 nitrogen and oxygen atoms in total. The van der Waals surface area contributed by atoms with Gasteiger partial charge in [0.15, 0.2) is 8.32 Å². The fourth-order valence-electron chi connectivity index (χ4n) is 6.79. The van der Waals surface area contributed by atoms with E-state index in [1.165, 1.54) is 0 Å². The molecule has 0 aromatic rings. The lowest BCUT2D eigenvalue weighted by molar-refractivity contribution is -0.355. The highest BCUT2D eigenvalue weighted by Gasteiger charge is 2.80. The van der Waals surface area contributed by atoms with Crippen LogP contribution in [0.15, 0.2) is 0 Å². The van der Waals surface area contributed by atoms with Crippen molar-refractivity contribution >= 4 is 8.32 Å². The summed E-state index contributed by atoms with van der Waals surface area (Å²) in [7, 11) is -2.18. The first kappa shape index (κ1) is 24.1. The van der Waals surface area contributed by atoms with Gasteiger partial charge in [0.1, 0.15) is 22.4 Å². The largest absolute Gasteiger partial charge is 0.411 e. The summed E-state index contributed by atoms with van der Waals surface area (Å²) < 4.78 is 26.9. The first-order valence-corrected chi connectivity index (χ1v) is 15.3. The average Bonchev–Trinajstić information content (AvgIpc) is 3.44. The van der Waals surface area contributed by atoms with Crippen LogP contribution in [-0.4, -0.2) is 73.5 Å². The van der Waals surface area contributed by atoms with Crippen LogP contribution in [0.25, 0.3) is 0 Å². The highest BCUT2D eigenvalue weighted by molar-refractivity contribution is 6.74. The molecule has 4 rings (SSSR count). The molecule has 0 aromatic heterocycles. The van der Waals surface area contributed by atoms with Crippen molar-refractivity contribution in [1.82, 2.24) is 0 Å². The number of fused-ring (bicyclic) bond motifs is 2. The van der Waals surface area contributed by atoms with Crippen LogP contribution in [0.2, 0.25) is 18.1 Å². The molecule has 1 saturated carbocycles. The van der Waals surface area contributed by atoms with Gasteiger partial charge in [-0.15, -0.1) is 0 Å². The monoisotopic (exact) mass is 456 g/mol. The van der Waals surface area contributed by atoms with E-state index >= 15 is 0 Å². The van der Waals surface area contributed by atoms with Gasteiger partial charge >= 0.3 is 0 Å². The van der Waals surface area contributed by atoms with Crippen molar-refractivity contribution in [3.63, 3.8) is 0 Å². The zero-order chi connectivity index (χ0) is 22.6. The minimum Gasteiger partial charge on any atom is -0.411 e. The van der Waals surface area contributed by atoms with Gasteiger partial charge in [-0.25, -0.2) is 0 Å². The van der Waals surface area contributed by atoms with Gasteiger partial charge in [0.25, 0.3) is 0 Å². The third-order valence-electron chi connectivity index (χ3n) is 9.24. The number of aliphatic hydroxyl groups excluding tert-OH is 1. The fourth-order valence-corrected chi connectivity index (χ4v) is 8.13. The second kappa shape index (κ2) is 8.03. The van der Waals surface area contributed by atoms with E-state index in [0.29, 0.717) is 32.5 Å². The van der Waals surface area contributed by atoms with Crippen molar-refractivity contribution in [2.24, 2.45) is 0 Å². The van der Waals surface area contributed by atoms with Gasteiger partial charge in [-0.2, -0.15) is 0 Å². The molecule has 0 radical (unpaired) electrons. The molecule has 0 amide bonds. The molecule has 0 aromatic carbocycles. The Labute approximate surface area is 189 Å². The molecular weight excluding hydrogens is 412 g/mol. The fraction of sp³-hybridized carbons (Fsp3) is 1.00. The Morgan fingerprint density at radius 3 is 2.00 bits per heavy atom. The van der Waals surface area contributed by atoms with Gasteiger partial charge < -0.3 is 28.8 Å². The predicted octanol–water partition coefficient (Wildman–Crippen LogP) is 3.93. The molecule has 4 aliphatic rings. The van der Waals surface area contributed by atoms with Gasteiger partial charge in [0, 0.05) is 32.8 Å². The number of hydrogen-bond donors (Lipinski definition) is 2. The zero-order valence-corrected chi connectivity index (χ0v) is 21.3. The van der Waals surface area contributed by atoms with Crippen LogP contribution in [0, 0.1) is 0 Å². The number of ether oxygens (including phenoxy) is 3. The first-order valence-electron chi connectivity index (χ1n) is 12.4. The van der Waals surface area contributed by atoms with E-state index < -0.39 is 36.8 Å².